The van der Waals surface area contributed by atoms with Gasteiger partial charge in [0.25, 0.3) is 0 Å². The molecule has 0 aliphatic heterocycles. The van der Waals surface area contributed by atoms with E-state index in [1.54, 1.807) is 5.57 Å². The molecule has 0 heterocycles. The minimum absolute atomic E-state index is 0.210. The smallest absolute Gasteiger partial charge is 0.0780 e. The van der Waals surface area contributed by atoms with Crippen LogP contribution in [-0.4, -0.2) is 25.4 Å². The van der Waals surface area contributed by atoms with E-state index in [-0.39, 0.29) is 6.10 Å². The molecule has 34 heavy (non-hydrogen) atoms. The van der Waals surface area contributed by atoms with Gasteiger partial charge in [-0.25, -0.2) is 0 Å². The molecule has 0 aromatic carbocycles. The number of ether oxygens (including phenoxy) is 2. The second kappa shape index (κ2) is 11.0. The summed E-state index contributed by atoms with van der Waals surface area (Å²) in [6, 6.07) is 0. The topological polar surface area (TPSA) is 18.5 Å². The highest BCUT2D eigenvalue weighted by Gasteiger charge is 2.59. The number of allylic oxidation sites excluding steroid dienone is 1. The van der Waals surface area contributed by atoms with Crippen molar-refractivity contribution in [2.24, 2.45) is 46.3 Å². The fraction of sp³-hybridized carbons (Fsp3) is 0.938. The van der Waals surface area contributed by atoms with Crippen molar-refractivity contribution in [2.45, 2.75) is 131 Å². The number of fused-ring (bicyclic) bond motifs is 5. The Bertz CT molecular complexity index is 697. The maximum absolute atomic E-state index is 6.33. The largest absolute Gasteiger partial charge is 0.376 e. The van der Waals surface area contributed by atoms with Crippen molar-refractivity contribution in [2.75, 3.05) is 13.2 Å². The summed E-state index contributed by atoms with van der Waals surface area (Å²) in [5.74, 6) is 5.51. The summed E-state index contributed by atoms with van der Waals surface area (Å²) in [6.07, 6.45) is 18.6. The third-order valence-electron chi connectivity index (χ3n) is 11.3. The van der Waals surface area contributed by atoms with Crippen molar-refractivity contribution in [3.63, 3.8) is 0 Å². The zero-order valence-electron chi connectivity index (χ0n) is 23.7. The molecule has 0 aromatic rings. The van der Waals surface area contributed by atoms with Crippen LogP contribution in [0, 0.1) is 46.3 Å². The zero-order valence-corrected chi connectivity index (χ0v) is 23.7. The first-order chi connectivity index (χ1) is 16.2. The van der Waals surface area contributed by atoms with Gasteiger partial charge in [-0.2, -0.15) is 0 Å². The van der Waals surface area contributed by atoms with Crippen molar-refractivity contribution in [1.82, 2.24) is 0 Å². The second-order valence-electron chi connectivity index (χ2n) is 13.8. The molecule has 2 heteroatoms. The summed E-state index contributed by atoms with van der Waals surface area (Å²) in [5, 5.41) is 0. The Morgan fingerprint density at radius 3 is 2.50 bits per heavy atom. The SMILES string of the molecule is CCOC(C)COC1CCC2(C)C(=CCC3C2CCC2(C)C(C(C)CCCC(C)C)CCC32)C1. The van der Waals surface area contributed by atoms with Crippen LogP contribution in [-0.2, 0) is 9.47 Å². The number of hydrogen-bond acceptors (Lipinski definition) is 2. The fourth-order valence-corrected chi connectivity index (χ4v) is 9.40. The molecule has 0 bridgehead atoms. The average Bonchev–Trinajstić information content (AvgIpc) is 3.15. The third-order valence-corrected chi connectivity index (χ3v) is 11.3. The van der Waals surface area contributed by atoms with Crippen LogP contribution in [0.25, 0.3) is 0 Å². The zero-order chi connectivity index (χ0) is 24.5. The lowest BCUT2D eigenvalue weighted by atomic mass is 9.47. The second-order valence-corrected chi connectivity index (χ2v) is 13.8. The van der Waals surface area contributed by atoms with Crippen molar-refractivity contribution in [3.8, 4) is 0 Å². The van der Waals surface area contributed by atoms with E-state index in [1.165, 1.54) is 64.2 Å². The van der Waals surface area contributed by atoms with Crippen LogP contribution in [0.5, 0.6) is 0 Å². The lowest BCUT2D eigenvalue weighted by Gasteiger charge is -2.58. The van der Waals surface area contributed by atoms with Crippen LogP contribution in [0.1, 0.15) is 119 Å². The molecule has 0 saturated heterocycles. The Balaban J connectivity index is 1.40. The lowest BCUT2D eigenvalue weighted by Crippen LogP contribution is -2.51. The van der Waals surface area contributed by atoms with Gasteiger partial charge in [0.05, 0.1) is 18.8 Å². The van der Waals surface area contributed by atoms with Crippen molar-refractivity contribution in [3.05, 3.63) is 11.6 Å². The predicted octanol–water partition coefficient (Wildman–Crippen LogP) is 8.84. The van der Waals surface area contributed by atoms with E-state index in [0.29, 0.717) is 16.9 Å². The normalized spacial score (nSPS) is 41.4. The summed E-state index contributed by atoms with van der Waals surface area (Å²) in [4.78, 5) is 0. The Kier molecular flexibility index (Phi) is 8.61. The molecular weight excluding hydrogens is 416 g/mol. The maximum Gasteiger partial charge on any atom is 0.0780 e. The molecule has 4 aliphatic rings. The van der Waals surface area contributed by atoms with Gasteiger partial charge in [0, 0.05) is 6.61 Å². The van der Waals surface area contributed by atoms with Crippen molar-refractivity contribution >= 4 is 0 Å². The summed E-state index contributed by atoms with van der Waals surface area (Å²) in [7, 11) is 0. The summed E-state index contributed by atoms with van der Waals surface area (Å²) in [5.41, 5.74) is 2.76. The van der Waals surface area contributed by atoms with Gasteiger partial charge in [-0.15, -0.1) is 0 Å². The monoisotopic (exact) mass is 472 g/mol. The van der Waals surface area contributed by atoms with Crippen LogP contribution < -0.4 is 0 Å². The fourth-order valence-electron chi connectivity index (χ4n) is 9.40. The van der Waals surface area contributed by atoms with E-state index in [9.17, 15) is 0 Å². The molecule has 2 nitrogen and oxygen atoms in total. The molecule has 0 spiro atoms. The molecule has 0 radical (unpaired) electrons. The first-order valence-electron chi connectivity index (χ1n) is 15.1. The van der Waals surface area contributed by atoms with Crippen LogP contribution in [0.2, 0.25) is 0 Å². The molecule has 3 saturated carbocycles. The lowest BCUT2D eigenvalue weighted by molar-refractivity contribution is -0.0754. The standard InChI is InChI=1S/C32H56O2/c1-8-33-24(5)21-34-26-16-18-31(6)25(20-26)12-13-27-29-15-14-28(23(4)11-9-10-22(2)3)32(29,7)19-17-30(27)31/h12,22-24,26-30H,8-11,13-21H2,1-7H3. The Morgan fingerprint density at radius 1 is 0.971 bits per heavy atom. The molecule has 0 amide bonds. The van der Waals surface area contributed by atoms with Gasteiger partial charge < -0.3 is 9.47 Å². The molecule has 9 atom stereocenters. The quantitative estimate of drug-likeness (QED) is 0.296. The van der Waals surface area contributed by atoms with Crippen LogP contribution >= 0.6 is 0 Å². The minimum atomic E-state index is 0.210. The maximum atomic E-state index is 6.33. The van der Waals surface area contributed by atoms with Gasteiger partial charge in [0.15, 0.2) is 0 Å². The number of hydrogen-bond donors (Lipinski definition) is 0. The van der Waals surface area contributed by atoms with E-state index in [1.807, 2.05) is 0 Å². The Labute approximate surface area is 212 Å². The van der Waals surface area contributed by atoms with E-state index in [2.05, 4.69) is 54.5 Å². The van der Waals surface area contributed by atoms with E-state index in [4.69, 9.17) is 9.47 Å². The minimum Gasteiger partial charge on any atom is -0.376 e. The third kappa shape index (κ3) is 5.20. The summed E-state index contributed by atoms with van der Waals surface area (Å²) in [6.45, 7) is 18.4. The molecule has 0 N–H and O–H groups in total. The highest BCUT2D eigenvalue weighted by Crippen LogP contribution is 2.67. The van der Waals surface area contributed by atoms with Crippen molar-refractivity contribution < 1.29 is 9.47 Å². The van der Waals surface area contributed by atoms with Gasteiger partial charge in [-0.3, -0.25) is 0 Å². The molecule has 4 aliphatic carbocycles. The van der Waals surface area contributed by atoms with E-state index >= 15 is 0 Å². The summed E-state index contributed by atoms with van der Waals surface area (Å²) < 4.78 is 12.0. The molecule has 3 fully saturated rings. The van der Waals surface area contributed by atoms with Crippen molar-refractivity contribution in [1.29, 1.82) is 0 Å². The highest BCUT2D eigenvalue weighted by molar-refractivity contribution is 5.25. The van der Waals surface area contributed by atoms with Crippen LogP contribution in [0.4, 0.5) is 0 Å². The molecular formula is C32H56O2. The van der Waals surface area contributed by atoms with Gasteiger partial charge in [-0.05, 0) is 112 Å². The van der Waals surface area contributed by atoms with E-state index < -0.39 is 0 Å². The Morgan fingerprint density at radius 2 is 1.76 bits per heavy atom. The van der Waals surface area contributed by atoms with Gasteiger partial charge in [-0.1, -0.05) is 65.5 Å². The van der Waals surface area contributed by atoms with E-state index in [0.717, 1.165) is 55.1 Å². The molecule has 0 aromatic heterocycles. The average molecular weight is 473 g/mol. The van der Waals surface area contributed by atoms with Gasteiger partial charge >= 0.3 is 0 Å². The number of rotatable bonds is 10. The summed E-state index contributed by atoms with van der Waals surface area (Å²) >= 11 is 0. The van der Waals surface area contributed by atoms with Crippen LogP contribution in [0.3, 0.4) is 0 Å². The highest BCUT2D eigenvalue weighted by atomic mass is 16.5. The molecule has 4 rings (SSSR count). The van der Waals surface area contributed by atoms with Gasteiger partial charge in [0.2, 0.25) is 0 Å². The van der Waals surface area contributed by atoms with Gasteiger partial charge in [0.1, 0.15) is 0 Å². The molecule has 196 valence electrons. The Hall–Kier alpha value is -0.340. The first-order valence-corrected chi connectivity index (χ1v) is 15.1. The first kappa shape index (κ1) is 26.7. The predicted molar refractivity (Wildman–Crippen MR) is 144 cm³/mol. The van der Waals surface area contributed by atoms with Crippen LogP contribution in [0.15, 0.2) is 11.6 Å². The molecule has 9 unspecified atom stereocenters.